The number of para-hydroxylation sites is 1. The van der Waals surface area contributed by atoms with Crippen LogP contribution in [0.3, 0.4) is 0 Å². The Morgan fingerprint density at radius 3 is 2.42 bits per heavy atom. The minimum Gasteiger partial charge on any atom is -0.332 e. The first-order valence-corrected chi connectivity index (χ1v) is 9.65. The fourth-order valence-electron chi connectivity index (χ4n) is 3.15. The molecule has 4 N–H and O–H groups in total. The number of aromatic amines is 2. The van der Waals surface area contributed by atoms with E-state index < -0.39 is 17.4 Å². The Bertz CT molecular complexity index is 1500. The van der Waals surface area contributed by atoms with Gasteiger partial charge in [0.1, 0.15) is 0 Å². The van der Waals surface area contributed by atoms with Gasteiger partial charge in [-0.3, -0.25) is 34.6 Å². The first-order chi connectivity index (χ1) is 15.0. The molecule has 4 aromatic rings. The lowest BCUT2D eigenvalue weighted by atomic mass is 10.1. The third kappa shape index (κ3) is 3.98. The summed E-state index contributed by atoms with van der Waals surface area (Å²) < 4.78 is 1.49. The molecule has 0 atom stereocenters. The van der Waals surface area contributed by atoms with E-state index in [-0.39, 0.29) is 29.0 Å². The molecule has 0 saturated heterocycles. The van der Waals surface area contributed by atoms with Gasteiger partial charge in [-0.15, -0.1) is 0 Å². The molecule has 156 valence electrons. The van der Waals surface area contributed by atoms with Crippen molar-refractivity contribution in [3.63, 3.8) is 0 Å². The van der Waals surface area contributed by atoms with E-state index in [1.807, 2.05) is 0 Å². The highest BCUT2D eigenvalue weighted by atomic mass is 32.1. The number of benzene rings is 2. The molecule has 31 heavy (non-hydrogen) atoms. The van der Waals surface area contributed by atoms with Crippen molar-refractivity contribution in [1.82, 2.24) is 30.6 Å². The fraction of sp³-hybridized carbons (Fsp3) is 0.100. The van der Waals surface area contributed by atoms with Crippen molar-refractivity contribution in [1.29, 1.82) is 0 Å². The summed E-state index contributed by atoms with van der Waals surface area (Å²) in [5.41, 5.74) is 4.39. The van der Waals surface area contributed by atoms with Gasteiger partial charge in [0.15, 0.2) is 10.5 Å². The Hall–Kier alpha value is -4.12. The van der Waals surface area contributed by atoms with Gasteiger partial charge in [-0.25, -0.2) is 5.10 Å². The maximum absolute atomic E-state index is 12.6. The molecule has 2 heterocycles. The number of hydrogen-bond donors (Lipinski definition) is 4. The second-order valence-electron chi connectivity index (χ2n) is 6.63. The third-order valence-electron chi connectivity index (χ3n) is 4.68. The molecular weight excluding hydrogens is 420 g/mol. The summed E-state index contributed by atoms with van der Waals surface area (Å²) in [7, 11) is 0. The standard InChI is InChI=1S/C20H16N6O4S/c27-15(9-10-26-19(30)13-7-3-4-8-14(13)21-20(26)31)22-25-18(29)16-11-5-1-2-6-12(11)17(28)24-23-16/h1-8H,9-10H2,(H,21,31)(H,22,27)(H,24,28)(H,25,29). The molecule has 2 aromatic heterocycles. The molecule has 0 saturated carbocycles. The number of H-pyrrole nitrogens is 2. The number of hydrogen-bond acceptors (Lipinski definition) is 6. The highest BCUT2D eigenvalue weighted by molar-refractivity contribution is 7.71. The molecule has 11 heteroatoms. The predicted molar refractivity (Wildman–Crippen MR) is 116 cm³/mol. The predicted octanol–water partition coefficient (Wildman–Crippen LogP) is 1.15. The van der Waals surface area contributed by atoms with Crippen molar-refractivity contribution >= 4 is 45.7 Å². The first-order valence-electron chi connectivity index (χ1n) is 9.24. The zero-order valence-electron chi connectivity index (χ0n) is 16.0. The lowest BCUT2D eigenvalue weighted by Crippen LogP contribution is -2.42. The van der Waals surface area contributed by atoms with E-state index >= 15 is 0 Å². The van der Waals surface area contributed by atoms with Crippen LogP contribution in [0.15, 0.2) is 58.1 Å². The molecule has 0 fully saturated rings. The van der Waals surface area contributed by atoms with Gasteiger partial charge >= 0.3 is 0 Å². The maximum atomic E-state index is 12.6. The molecule has 0 spiro atoms. The Labute approximate surface area is 178 Å². The Morgan fingerprint density at radius 1 is 0.968 bits per heavy atom. The van der Waals surface area contributed by atoms with E-state index in [0.29, 0.717) is 21.7 Å². The monoisotopic (exact) mass is 436 g/mol. The van der Waals surface area contributed by atoms with Crippen LogP contribution in [0.5, 0.6) is 0 Å². The van der Waals surface area contributed by atoms with Gasteiger partial charge < -0.3 is 4.98 Å². The van der Waals surface area contributed by atoms with Gasteiger partial charge in [0.05, 0.1) is 16.3 Å². The van der Waals surface area contributed by atoms with Crippen LogP contribution in [-0.2, 0) is 11.3 Å². The van der Waals surface area contributed by atoms with Gasteiger partial charge in [0.2, 0.25) is 5.91 Å². The maximum Gasteiger partial charge on any atom is 0.290 e. The second-order valence-corrected chi connectivity index (χ2v) is 7.02. The molecule has 0 aliphatic rings. The normalized spacial score (nSPS) is 10.8. The molecule has 0 bridgehead atoms. The van der Waals surface area contributed by atoms with Crippen molar-refractivity contribution < 1.29 is 9.59 Å². The van der Waals surface area contributed by atoms with Gasteiger partial charge in [0.25, 0.3) is 17.0 Å². The number of carbonyl (C=O) groups excluding carboxylic acids is 2. The zero-order chi connectivity index (χ0) is 22.0. The second kappa shape index (κ2) is 8.32. The topological polar surface area (TPSA) is 142 Å². The van der Waals surface area contributed by atoms with Crippen LogP contribution in [0.2, 0.25) is 0 Å². The first kappa shape index (κ1) is 20.2. The summed E-state index contributed by atoms with van der Waals surface area (Å²) >= 11 is 5.21. The largest absolute Gasteiger partial charge is 0.332 e. The van der Waals surface area contributed by atoms with Crippen LogP contribution in [0.25, 0.3) is 21.7 Å². The van der Waals surface area contributed by atoms with Gasteiger partial charge in [-0.05, 0) is 30.4 Å². The highest BCUT2D eigenvalue weighted by Gasteiger charge is 2.15. The number of nitrogens with zero attached hydrogens (tertiary/aromatic N) is 2. The summed E-state index contributed by atoms with van der Waals surface area (Å²) in [5, 5.41) is 7.14. The van der Waals surface area contributed by atoms with Crippen LogP contribution in [-0.4, -0.2) is 31.6 Å². The Kier molecular flexibility index (Phi) is 5.41. The van der Waals surface area contributed by atoms with Crippen molar-refractivity contribution in [3.05, 3.63) is 79.7 Å². The Morgan fingerprint density at radius 2 is 1.65 bits per heavy atom. The number of rotatable bonds is 4. The fourth-order valence-corrected chi connectivity index (χ4v) is 3.44. The van der Waals surface area contributed by atoms with Gasteiger partial charge in [-0.1, -0.05) is 30.3 Å². The molecule has 0 radical (unpaired) electrons. The minimum absolute atomic E-state index is 0.0283. The molecular formula is C20H16N6O4S. The van der Waals surface area contributed by atoms with Crippen LogP contribution in [0.1, 0.15) is 16.9 Å². The zero-order valence-corrected chi connectivity index (χ0v) is 16.8. The van der Waals surface area contributed by atoms with E-state index in [1.165, 1.54) is 4.57 Å². The SMILES string of the molecule is O=C(CCn1c(=S)[nH]c2ccccc2c1=O)NNC(=O)c1n[nH]c(=O)c2ccccc12. The molecule has 0 aliphatic carbocycles. The average molecular weight is 436 g/mol. The quantitative estimate of drug-likeness (QED) is 0.279. The molecule has 4 rings (SSSR count). The molecule has 0 unspecified atom stereocenters. The Balaban J connectivity index is 1.44. The van der Waals surface area contributed by atoms with Gasteiger partial charge in [-0.2, -0.15) is 5.10 Å². The lowest BCUT2D eigenvalue weighted by Gasteiger charge is -2.10. The van der Waals surface area contributed by atoms with E-state index in [9.17, 15) is 19.2 Å². The van der Waals surface area contributed by atoms with Crippen LogP contribution >= 0.6 is 12.2 Å². The number of carbonyl (C=O) groups is 2. The summed E-state index contributed by atoms with van der Waals surface area (Å²) in [5.74, 6) is -1.22. The lowest BCUT2D eigenvalue weighted by molar-refractivity contribution is -0.122. The van der Waals surface area contributed by atoms with E-state index in [2.05, 4.69) is 26.0 Å². The van der Waals surface area contributed by atoms with Crippen molar-refractivity contribution in [2.45, 2.75) is 13.0 Å². The molecule has 2 amide bonds. The summed E-state index contributed by atoms with van der Waals surface area (Å²) in [4.78, 5) is 52.0. The highest BCUT2D eigenvalue weighted by Crippen LogP contribution is 2.11. The number of aromatic nitrogens is 4. The smallest absolute Gasteiger partial charge is 0.290 e. The van der Waals surface area contributed by atoms with Crippen LogP contribution < -0.4 is 22.0 Å². The van der Waals surface area contributed by atoms with Crippen molar-refractivity contribution in [3.8, 4) is 0 Å². The van der Waals surface area contributed by atoms with E-state index in [0.717, 1.165) is 0 Å². The minimum atomic E-state index is -0.694. The van der Waals surface area contributed by atoms with Crippen LogP contribution in [0.4, 0.5) is 0 Å². The van der Waals surface area contributed by atoms with Gasteiger partial charge in [0, 0.05) is 18.4 Å². The molecule has 10 nitrogen and oxygen atoms in total. The number of fused-ring (bicyclic) bond motifs is 2. The number of amides is 2. The number of nitrogens with one attached hydrogen (secondary N) is 4. The molecule has 2 aromatic carbocycles. The average Bonchev–Trinajstić information content (AvgIpc) is 2.78. The van der Waals surface area contributed by atoms with E-state index in [4.69, 9.17) is 12.2 Å². The third-order valence-corrected chi connectivity index (χ3v) is 5.00. The van der Waals surface area contributed by atoms with Crippen molar-refractivity contribution in [2.75, 3.05) is 0 Å². The number of hydrazine groups is 1. The van der Waals surface area contributed by atoms with Crippen molar-refractivity contribution in [2.24, 2.45) is 0 Å². The van der Waals surface area contributed by atoms with Crippen LogP contribution in [0, 0.1) is 4.77 Å². The summed E-state index contributed by atoms with van der Waals surface area (Å²) in [6, 6.07) is 13.4. The summed E-state index contributed by atoms with van der Waals surface area (Å²) in [6.45, 7) is 0.0283. The molecule has 0 aliphatic heterocycles. The van der Waals surface area contributed by atoms with E-state index in [1.54, 1.807) is 48.5 Å². The summed E-state index contributed by atoms with van der Waals surface area (Å²) in [6.07, 6.45) is -0.101.